The lowest BCUT2D eigenvalue weighted by Gasteiger charge is -2.13. The van der Waals surface area contributed by atoms with Crippen LogP contribution in [0.2, 0.25) is 0 Å². The number of ether oxygens (including phenoxy) is 1. The second-order valence-corrected chi connectivity index (χ2v) is 4.84. The minimum atomic E-state index is -0.555. The van der Waals surface area contributed by atoms with Gasteiger partial charge in [-0.1, -0.05) is 24.3 Å². The van der Waals surface area contributed by atoms with Crippen molar-refractivity contribution >= 4 is 16.8 Å². The van der Waals surface area contributed by atoms with Crippen molar-refractivity contribution < 1.29 is 13.9 Å². The van der Waals surface area contributed by atoms with Crippen molar-refractivity contribution in [3.05, 3.63) is 65.5 Å². The normalized spacial score (nSPS) is 11.9. The number of rotatable bonds is 5. The zero-order valence-corrected chi connectivity index (χ0v) is 11.7. The van der Waals surface area contributed by atoms with Gasteiger partial charge in [0.2, 0.25) is 5.24 Å². The second-order valence-electron chi connectivity index (χ2n) is 4.46. The minimum Gasteiger partial charge on any atom is -0.497 e. The van der Waals surface area contributed by atoms with Crippen molar-refractivity contribution in [1.29, 1.82) is 0 Å². The van der Waals surface area contributed by atoms with Gasteiger partial charge in [0.15, 0.2) is 0 Å². The molecule has 0 fully saturated rings. The predicted octanol–water partition coefficient (Wildman–Crippen LogP) is 3.93. The van der Waals surface area contributed by atoms with Crippen LogP contribution in [0.1, 0.15) is 17.0 Å². The molecule has 0 saturated heterocycles. The van der Waals surface area contributed by atoms with Gasteiger partial charge in [-0.2, -0.15) is 0 Å². The Balaban J connectivity index is 2.23. The zero-order chi connectivity index (χ0) is 14.5. The first-order valence-electron chi connectivity index (χ1n) is 6.18. The van der Waals surface area contributed by atoms with E-state index in [1.165, 1.54) is 12.1 Å². The Bertz CT molecular complexity index is 596. The molecule has 104 valence electrons. The number of methoxy groups -OCH3 is 1. The Labute approximate surface area is 122 Å². The monoisotopic (exact) mass is 292 g/mol. The summed E-state index contributed by atoms with van der Waals surface area (Å²) in [5.74, 6) is -0.186. The molecule has 1 unspecified atom stereocenters. The lowest BCUT2D eigenvalue weighted by molar-refractivity contribution is -0.113. The fraction of sp³-hybridized carbons (Fsp3) is 0.188. The van der Waals surface area contributed by atoms with Crippen LogP contribution in [0.15, 0.2) is 48.5 Å². The Kier molecular flexibility index (Phi) is 4.74. The summed E-state index contributed by atoms with van der Waals surface area (Å²) in [4.78, 5) is 11.6. The minimum absolute atomic E-state index is 0.375. The van der Waals surface area contributed by atoms with Crippen LogP contribution in [0.25, 0.3) is 0 Å². The Morgan fingerprint density at radius 2 is 1.95 bits per heavy atom. The third-order valence-corrected chi connectivity index (χ3v) is 3.39. The SMILES string of the molecule is COc1ccc(CC(C(=O)Cl)c2cccc(F)c2)cc1. The van der Waals surface area contributed by atoms with Crippen LogP contribution in [0.5, 0.6) is 5.75 Å². The van der Waals surface area contributed by atoms with E-state index >= 15 is 0 Å². The number of carbonyl (C=O) groups is 1. The van der Waals surface area contributed by atoms with E-state index in [0.717, 1.165) is 11.3 Å². The first-order chi connectivity index (χ1) is 9.60. The molecule has 0 aliphatic rings. The fourth-order valence-corrected chi connectivity index (χ4v) is 2.25. The summed E-state index contributed by atoms with van der Waals surface area (Å²) in [6.45, 7) is 0. The largest absolute Gasteiger partial charge is 0.497 e. The molecule has 0 aromatic heterocycles. The third-order valence-electron chi connectivity index (χ3n) is 3.12. The molecule has 0 spiro atoms. The molecular formula is C16H14ClFO2. The van der Waals surface area contributed by atoms with E-state index in [1.54, 1.807) is 19.2 Å². The van der Waals surface area contributed by atoms with Crippen LogP contribution in [0.4, 0.5) is 4.39 Å². The number of halogens is 2. The summed E-state index contributed by atoms with van der Waals surface area (Å²) in [6.07, 6.45) is 0.426. The van der Waals surface area contributed by atoms with Gasteiger partial charge in [-0.25, -0.2) is 4.39 Å². The molecule has 0 radical (unpaired) electrons. The van der Waals surface area contributed by atoms with Crippen LogP contribution >= 0.6 is 11.6 Å². The van der Waals surface area contributed by atoms with Crippen LogP contribution in [0.3, 0.4) is 0 Å². The number of carbonyl (C=O) groups excluding carboxylic acids is 1. The molecule has 4 heteroatoms. The van der Waals surface area contributed by atoms with Gasteiger partial charge in [0.05, 0.1) is 13.0 Å². The van der Waals surface area contributed by atoms with Crippen molar-refractivity contribution in [2.45, 2.75) is 12.3 Å². The highest BCUT2D eigenvalue weighted by Gasteiger charge is 2.19. The van der Waals surface area contributed by atoms with Crippen LogP contribution < -0.4 is 4.74 Å². The van der Waals surface area contributed by atoms with Gasteiger partial charge in [0.25, 0.3) is 0 Å². The smallest absolute Gasteiger partial charge is 0.229 e. The summed E-state index contributed by atoms with van der Waals surface area (Å²) in [7, 11) is 1.59. The van der Waals surface area contributed by atoms with Gasteiger partial charge >= 0.3 is 0 Å². The molecule has 0 saturated carbocycles. The average molecular weight is 293 g/mol. The van der Waals surface area contributed by atoms with Crippen molar-refractivity contribution in [2.24, 2.45) is 0 Å². The lowest BCUT2D eigenvalue weighted by Crippen LogP contribution is -2.10. The Hall–Kier alpha value is -1.87. The second kappa shape index (κ2) is 6.53. The van der Waals surface area contributed by atoms with E-state index in [2.05, 4.69) is 0 Å². The van der Waals surface area contributed by atoms with Gasteiger partial charge in [0.1, 0.15) is 11.6 Å². The van der Waals surface area contributed by atoms with Crippen molar-refractivity contribution in [3.8, 4) is 5.75 Å². The highest BCUT2D eigenvalue weighted by atomic mass is 35.5. The first-order valence-corrected chi connectivity index (χ1v) is 6.55. The van der Waals surface area contributed by atoms with Crippen LogP contribution in [-0.2, 0) is 11.2 Å². The van der Waals surface area contributed by atoms with Gasteiger partial charge < -0.3 is 4.74 Å². The van der Waals surface area contributed by atoms with Gasteiger partial charge in [0, 0.05) is 0 Å². The number of benzene rings is 2. The molecule has 0 aliphatic heterocycles. The molecule has 20 heavy (non-hydrogen) atoms. The lowest BCUT2D eigenvalue weighted by atomic mass is 9.93. The third kappa shape index (κ3) is 3.58. The highest BCUT2D eigenvalue weighted by molar-refractivity contribution is 6.64. The summed E-state index contributed by atoms with van der Waals surface area (Å²) in [5.41, 5.74) is 1.52. The molecule has 1 atom stereocenters. The molecule has 2 nitrogen and oxygen atoms in total. The molecule has 0 N–H and O–H groups in total. The predicted molar refractivity (Wildman–Crippen MR) is 76.7 cm³/mol. The summed E-state index contributed by atoms with van der Waals surface area (Å²) >= 11 is 5.65. The maximum atomic E-state index is 13.3. The van der Waals surface area contributed by atoms with E-state index < -0.39 is 11.2 Å². The first kappa shape index (κ1) is 14.5. The zero-order valence-electron chi connectivity index (χ0n) is 11.0. The summed E-state index contributed by atoms with van der Waals surface area (Å²) < 4.78 is 18.3. The van der Waals surface area contributed by atoms with Crippen LogP contribution in [0, 0.1) is 5.82 Å². The molecular weight excluding hydrogens is 279 g/mol. The molecule has 0 amide bonds. The maximum Gasteiger partial charge on any atom is 0.229 e. The van der Waals surface area contributed by atoms with Gasteiger partial charge in [-0.3, -0.25) is 4.79 Å². The van der Waals surface area contributed by atoms with E-state index in [4.69, 9.17) is 16.3 Å². The molecule has 0 bridgehead atoms. The van der Waals surface area contributed by atoms with Crippen LogP contribution in [-0.4, -0.2) is 12.4 Å². The highest BCUT2D eigenvalue weighted by Crippen LogP contribution is 2.25. The summed E-state index contributed by atoms with van der Waals surface area (Å²) in [6, 6.07) is 13.3. The topological polar surface area (TPSA) is 26.3 Å². The number of hydrogen-bond donors (Lipinski definition) is 0. The van der Waals surface area contributed by atoms with Gasteiger partial charge in [-0.05, 0) is 53.4 Å². The molecule has 2 aromatic carbocycles. The quantitative estimate of drug-likeness (QED) is 0.781. The Morgan fingerprint density at radius 1 is 1.25 bits per heavy atom. The summed E-state index contributed by atoms with van der Waals surface area (Å²) in [5, 5.41) is -0.494. The van der Waals surface area contributed by atoms with Gasteiger partial charge in [-0.15, -0.1) is 0 Å². The molecule has 0 heterocycles. The van der Waals surface area contributed by atoms with E-state index in [9.17, 15) is 9.18 Å². The fourth-order valence-electron chi connectivity index (χ4n) is 2.05. The van der Waals surface area contributed by atoms with Crippen molar-refractivity contribution in [3.63, 3.8) is 0 Å². The standard InChI is InChI=1S/C16H14ClFO2/c1-20-14-7-5-11(6-8-14)9-15(16(17)19)12-3-2-4-13(18)10-12/h2-8,10,15H,9H2,1H3. The van der Waals surface area contributed by atoms with Crippen molar-refractivity contribution in [1.82, 2.24) is 0 Å². The Morgan fingerprint density at radius 3 is 2.50 bits per heavy atom. The molecule has 0 aliphatic carbocycles. The molecule has 2 aromatic rings. The average Bonchev–Trinajstić information content (AvgIpc) is 2.45. The maximum absolute atomic E-state index is 13.3. The van der Waals surface area contributed by atoms with E-state index in [1.807, 2.05) is 24.3 Å². The molecule has 2 rings (SSSR count). The van der Waals surface area contributed by atoms with Crippen molar-refractivity contribution in [2.75, 3.05) is 7.11 Å². The van der Waals surface area contributed by atoms with E-state index in [-0.39, 0.29) is 5.82 Å². The van der Waals surface area contributed by atoms with E-state index in [0.29, 0.717) is 12.0 Å². The number of hydrogen-bond acceptors (Lipinski definition) is 2.